The van der Waals surface area contributed by atoms with Gasteiger partial charge in [0.05, 0.1) is 6.04 Å². The van der Waals surface area contributed by atoms with Crippen LogP contribution in [0.15, 0.2) is 54.7 Å². The summed E-state index contributed by atoms with van der Waals surface area (Å²) < 4.78 is 0. The first kappa shape index (κ1) is 18.3. The molecule has 5 heteroatoms. The van der Waals surface area contributed by atoms with Gasteiger partial charge in [-0.25, -0.2) is 0 Å². The number of aromatic nitrogens is 1. The van der Waals surface area contributed by atoms with Crippen molar-refractivity contribution < 1.29 is 9.59 Å². The summed E-state index contributed by atoms with van der Waals surface area (Å²) in [5, 5.41) is 7.09. The topological polar surface area (TPSA) is 74.0 Å². The lowest BCUT2D eigenvalue weighted by Gasteiger charge is -2.28. The van der Waals surface area contributed by atoms with Gasteiger partial charge in [-0.2, -0.15) is 0 Å². The molecule has 0 fully saturated rings. The minimum absolute atomic E-state index is 0.00308. The van der Waals surface area contributed by atoms with E-state index in [1.165, 1.54) is 18.1 Å². The summed E-state index contributed by atoms with van der Waals surface area (Å²) in [6, 6.07) is 15.7. The van der Waals surface area contributed by atoms with Crippen molar-refractivity contribution in [2.24, 2.45) is 0 Å². The summed E-state index contributed by atoms with van der Waals surface area (Å²) in [6.07, 6.45) is 5.39. The predicted molar refractivity (Wildman–Crippen MR) is 110 cm³/mol. The first-order valence-corrected chi connectivity index (χ1v) is 9.82. The predicted octanol–water partition coefficient (Wildman–Crippen LogP) is 3.41. The second-order valence-corrected chi connectivity index (χ2v) is 7.47. The van der Waals surface area contributed by atoms with Gasteiger partial charge >= 0.3 is 0 Å². The van der Waals surface area contributed by atoms with E-state index in [4.69, 9.17) is 0 Å². The van der Waals surface area contributed by atoms with Gasteiger partial charge in [0.1, 0.15) is 6.04 Å². The fourth-order valence-electron chi connectivity index (χ4n) is 4.15. The first-order chi connectivity index (χ1) is 13.6. The van der Waals surface area contributed by atoms with E-state index in [9.17, 15) is 9.59 Å². The maximum absolute atomic E-state index is 13.1. The van der Waals surface area contributed by atoms with E-state index in [0.717, 1.165) is 35.7 Å². The van der Waals surface area contributed by atoms with Crippen molar-refractivity contribution in [2.75, 3.05) is 0 Å². The summed E-state index contributed by atoms with van der Waals surface area (Å²) in [6.45, 7) is 1.45. The molecule has 2 amide bonds. The maximum atomic E-state index is 13.1. The number of hydrogen-bond donors (Lipinski definition) is 3. The Bertz CT molecular complexity index is 1010. The third-order valence-corrected chi connectivity index (χ3v) is 5.48. The van der Waals surface area contributed by atoms with Crippen LogP contribution in [0.4, 0.5) is 0 Å². The van der Waals surface area contributed by atoms with E-state index in [1.54, 1.807) is 0 Å². The number of rotatable bonds is 5. The summed E-state index contributed by atoms with van der Waals surface area (Å²) in [5.41, 5.74) is 4.54. The highest BCUT2D eigenvalue weighted by atomic mass is 16.2. The third-order valence-electron chi connectivity index (χ3n) is 5.48. The van der Waals surface area contributed by atoms with Crippen molar-refractivity contribution in [3.63, 3.8) is 0 Å². The number of para-hydroxylation sites is 1. The Morgan fingerprint density at radius 2 is 1.93 bits per heavy atom. The van der Waals surface area contributed by atoms with Gasteiger partial charge in [-0.1, -0.05) is 42.5 Å². The number of carbonyl (C=O) groups is 2. The molecule has 4 rings (SSSR count). The minimum Gasteiger partial charge on any atom is -0.361 e. The summed E-state index contributed by atoms with van der Waals surface area (Å²) in [5.74, 6) is -0.341. The third kappa shape index (κ3) is 3.79. The van der Waals surface area contributed by atoms with Crippen LogP contribution in [0.3, 0.4) is 0 Å². The second-order valence-electron chi connectivity index (χ2n) is 7.47. The number of aromatic amines is 1. The average molecular weight is 375 g/mol. The first-order valence-electron chi connectivity index (χ1n) is 9.82. The molecule has 0 bridgehead atoms. The zero-order valence-corrected chi connectivity index (χ0v) is 16.0. The zero-order valence-electron chi connectivity index (χ0n) is 16.0. The normalized spacial score (nSPS) is 17.0. The number of hydrogen-bond acceptors (Lipinski definition) is 2. The maximum Gasteiger partial charge on any atom is 0.243 e. The van der Waals surface area contributed by atoms with E-state index < -0.39 is 6.04 Å². The molecular weight excluding hydrogens is 350 g/mol. The van der Waals surface area contributed by atoms with Crippen molar-refractivity contribution in [3.8, 4) is 0 Å². The SMILES string of the molecule is CC(=O)N[C@@H](Cc1c[nH]c2ccccc12)C(=O)NC1CCCc2ccccc21. The van der Waals surface area contributed by atoms with Crippen molar-refractivity contribution in [3.05, 3.63) is 71.4 Å². The number of aryl methyl sites for hydroxylation is 1. The number of fused-ring (bicyclic) bond motifs is 2. The van der Waals surface area contributed by atoms with Crippen LogP contribution in [0.1, 0.15) is 42.5 Å². The highest BCUT2D eigenvalue weighted by Gasteiger charge is 2.26. The molecule has 144 valence electrons. The molecule has 1 aliphatic rings. The summed E-state index contributed by atoms with van der Waals surface area (Å²) >= 11 is 0. The molecule has 1 heterocycles. The van der Waals surface area contributed by atoms with Gasteiger partial charge in [-0.3, -0.25) is 9.59 Å². The fraction of sp³-hybridized carbons (Fsp3) is 0.304. The molecule has 0 saturated heterocycles. The van der Waals surface area contributed by atoms with Gasteiger partial charge in [-0.05, 0) is 42.0 Å². The Morgan fingerprint density at radius 1 is 1.14 bits per heavy atom. The molecule has 28 heavy (non-hydrogen) atoms. The van der Waals surface area contributed by atoms with Crippen molar-refractivity contribution in [2.45, 2.75) is 44.7 Å². The average Bonchev–Trinajstić information content (AvgIpc) is 3.10. The molecule has 2 atom stereocenters. The van der Waals surface area contributed by atoms with Gasteiger partial charge in [0.2, 0.25) is 11.8 Å². The molecule has 5 nitrogen and oxygen atoms in total. The Labute approximate surface area is 164 Å². The number of amides is 2. The van der Waals surface area contributed by atoms with Crippen LogP contribution in [-0.2, 0) is 22.4 Å². The number of H-pyrrole nitrogens is 1. The molecule has 3 aromatic rings. The molecule has 3 N–H and O–H groups in total. The number of benzene rings is 2. The Kier molecular flexibility index (Phi) is 5.15. The van der Waals surface area contributed by atoms with Crippen LogP contribution >= 0.6 is 0 Å². The van der Waals surface area contributed by atoms with Crippen LogP contribution in [0.5, 0.6) is 0 Å². The lowest BCUT2D eigenvalue weighted by atomic mass is 9.87. The van der Waals surface area contributed by atoms with Crippen molar-refractivity contribution in [1.82, 2.24) is 15.6 Å². The van der Waals surface area contributed by atoms with E-state index >= 15 is 0 Å². The quantitative estimate of drug-likeness (QED) is 0.639. The molecule has 0 spiro atoms. The van der Waals surface area contributed by atoms with Gasteiger partial charge in [0.15, 0.2) is 0 Å². The van der Waals surface area contributed by atoms with Crippen molar-refractivity contribution in [1.29, 1.82) is 0 Å². The van der Waals surface area contributed by atoms with Gasteiger partial charge < -0.3 is 15.6 Å². The van der Waals surface area contributed by atoms with E-state index in [2.05, 4.69) is 27.8 Å². The molecule has 1 unspecified atom stereocenters. The van der Waals surface area contributed by atoms with Gasteiger partial charge in [0, 0.05) is 30.4 Å². The van der Waals surface area contributed by atoms with Gasteiger partial charge in [0.25, 0.3) is 0 Å². The molecule has 0 radical (unpaired) electrons. The monoisotopic (exact) mass is 375 g/mol. The number of carbonyl (C=O) groups excluding carboxylic acids is 2. The second kappa shape index (κ2) is 7.89. The highest BCUT2D eigenvalue weighted by molar-refractivity contribution is 5.89. The molecule has 0 saturated carbocycles. The lowest BCUT2D eigenvalue weighted by Crippen LogP contribution is -2.48. The van der Waals surface area contributed by atoms with Gasteiger partial charge in [-0.15, -0.1) is 0 Å². The van der Waals surface area contributed by atoms with E-state index in [0.29, 0.717) is 6.42 Å². The van der Waals surface area contributed by atoms with Crippen LogP contribution in [0.25, 0.3) is 10.9 Å². The molecule has 2 aromatic carbocycles. The summed E-state index contributed by atoms with van der Waals surface area (Å²) in [4.78, 5) is 28.1. The smallest absolute Gasteiger partial charge is 0.243 e. The zero-order chi connectivity index (χ0) is 19.5. The number of nitrogens with one attached hydrogen (secondary N) is 3. The summed E-state index contributed by atoms with van der Waals surface area (Å²) in [7, 11) is 0. The minimum atomic E-state index is -0.606. The Morgan fingerprint density at radius 3 is 2.79 bits per heavy atom. The fourth-order valence-corrected chi connectivity index (χ4v) is 4.15. The van der Waals surface area contributed by atoms with Crippen LogP contribution in [0.2, 0.25) is 0 Å². The molecular formula is C23H25N3O2. The lowest BCUT2D eigenvalue weighted by molar-refractivity contribution is -0.128. The Balaban J connectivity index is 1.54. The van der Waals surface area contributed by atoms with Crippen LogP contribution in [-0.4, -0.2) is 22.8 Å². The largest absolute Gasteiger partial charge is 0.361 e. The Hall–Kier alpha value is -3.08. The highest BCUT2D eigenvalue weighted by Crippen LogP contribution is 2.29. The van der Waals surface area contributed by atoms with Crippen molar-refractivity contribution >= 4 is 22.7 Å². The van der Waals surface area contributed by atoms with Crippen LogP contribution in [0, 0.1) is 0 Å². The molecule has 1 aromatic heterocycles. The standard InChI is InChI=1S/C23H25N3O2/c1-15(27)25-22(13-17-14-24-20-11-5-4-10-19(17)20)23(28)26-21-12-6-8-16-7-2-3-9-18(16)21/h2-5,7,9-11,14,21-22,24H,6,8,12-13H2,1H3,(H,25,27)(H,26,28)/t21?,22-/m0/s1. The molecule has 1 aliphatic carbocycles. The van der Waals surface area contributed by atoms with E-state index in [-0.39, 0.29) is 17.9 Å². The van der Waals surface area contributed by atoms with Crippen LogP contribution < -0.4 is 10.6 Å². The molecule has 0 aliphatic heterocycles. The van der Waals surface area contributed by atoms with E-state index in [1.807, 2.05) is 42.6 Å².